The van der Waals surface area contributed by atoms with Crippen LogP contribution in [0.25, 0.3) is 33.6 Å². The molecule has 35 heavy (non-hydrogen) atoms. The molecule has 2 fully saturated rings. The van der Waals surface area contributed by atoms with Crippen molar-refractivity contribution in [3.8, 4) is 33.9 Å². The van der Waals surface area contributed by atoms with Crippen LogP contribution in [0.5, 0.6) is 11.5 Å². The number of furan rings is 1. The quantitative estimate of drug-likeness (QED) is 0.404. The monoisotopic (exact) mass is 473 g/mol. The van der Waals surface area contributed by atoms with Crippen LogP contribution in [-0.2, 0) is 9.47 Å². The van der Waals surface area contributed by atoms with Gasteiger partial charge in [0.05, 0.1) is 32.8 Å². The fourth-order valence-electron chi connectivity index (χ4n) is 4.98. The van der Waals surface area contributed by atoms with Gasteiger partial charge in [-0.2, -0.15) is 0 Å². The highest BCUT2D eigenvalue weighted by Gasteiger charge is 2.40. The molecule has 1 spiro atoms. The van der Waals surface area contributed by atoms with Crippen molar-refractivity contribution in [1.82, 2.24) is 9.97 Å². The van der Waals surface area contributed by atoms with Gasteiger partial charge in [0.15, 0.2) is 5.79 Å². The number of nitrogens with zero attached hydrogens (tertiary/aromatic N) is 3. The second-order valence-electron chi connectivity index (χ2n) is 8.74. The number of rotatable bonds is 5. The van der Waals surface area contributed by atoms with Gasteiger partial charge in [-0.05, 0) is 42.0 Å². The van der Waals surface area contributed by atoms with Crippen LogP contribution in [0.1, 0.15) is 12.8 Å². The van der Waals surface area contributed by atoms with Gasteiger partial charge in [-0.15, -0.1) is 0 Å². The molecule has 0 radical (unpaired) electrons. The Bertz CT molecular complexity index is 1320. The minimum Gasteiger partial charge on any atom is -0.497 e. The second kappa shape index (κ2) is 8.87. The van der Waals surface area contributed by atoms with E-state index in [1.807, 2.05) is 48.5 Å². The van der Waals surface area contributed by atoms with Crippen molar-refractivity contribution in [3.05, 3.63) is 54.9 Å². The lowest BCUT2D eigenvalue weighted by Crippen LogP contribution is -2.45. The summed E-state index contributed by atoms with van der Waals surface area (Å²) in [6.45, 7) is 2.87. The van der Waals surface area contributed by atoms with Gasteiger partial charge in [-0.25, -0.2) is 9.97 Å². The van der Waals surface area contributed by atoms with E-state index in [-0.39, 0.29) is 0 Å². The number of hydrogen-bond acceptors (Lipinski definition) is 8. The van der Waals surface area contributed by atoms with Crippen LogP contribution in [0.4, 0.5) is 5.82 Å². The molecule has 180 valence electrons. The standard InChI is InChI=1S/C27H27N3O5/c1-31-20-7-3-18(4-8-20)22-23-25(30-13-11-27(12-14-30)33-15-16-34-27)28-17-29-26(23)35-24(22)19-5-9-21(32-2)10-6-19/h3-10,17H,11-16H2,1-2H3. The van der Waals surface area contributed by atoms with Crippen molar-refractivity contribution >= 4 is 16.9 Å². The van der Waals surface area contributed by atoms with Gasteiger partial charge in [0, 0.05) is 37.1 Å². The Balaban J connectivity index is 1.48. The SMILES string of the molecule is COc1ccc(-c2oc3ncnc(N4CCC5(CC4)OCCO5)c3c2-c2ccc(OC)cc2)cc1. The lowest BCUT2D eigenvalue weighted by molar-refractivity contribution is -0.169. The predicted molar refractivity (Wildman–Crippen MR) is 132 cm³/mol. The molecule has 2 saturated heterocycles. The summed E-state index contributed by atoms with van der Waals surface area (Å²) >= 11 is 0. The Morgan fingerprint density at radius 3 is 2.00 bits per heavy atom. The highest BCUT2D eigenvalue weighted by molar-refractivity contribution is 6.06. The van der Waals surface area contributed by atoms with E-state index in [9.17, 15) is 0 Å². The molecule has 2 aromatic carbocycles. The van der Waals surface area contributed by atoms with Gasteiger partial charge in [0.25, 0.3) is 0 Å². The molecule has 4 aromatic rings. The molecular weight excluding hydrogens is 446 g/mol. The van der Waals surface area contributed by atoms with Gasteiger partial charge < -0.3 is 28.3 Å². The molecule has 8 heteroatoms. The Labute approximate surface area is 203 Å². The maximum atomic E-state index is 6.40. The molecular formula is C27H27N3O5. The molecule has 0 amide bonds. The molecule has 0 N–H and O–H groups in total. The number of fused-ring (bicyclic) bond motifs is 1. The number of anilines is 1. The number of aromatic nitrogens is 2. The summed E-state index contributed by atoms with van der Waals surface area (Å²) in [5.41, 5.74) is 3.45. The molecule has 2 aliphatic heterocycles. The summed E-state index contributed by atoms with van der Waals surface area (Å²) in [4.78, 5) is 11.5. The van der Waals surface area contributed by atoms with E-state index < -0.39 is 5.79 Å². The van der Waals surface area contributed by atoms with Gasteiger partial charge in [0.2, 0.25) is 5.71 Å². The number of hydrogen-bond donors (Lipinski definition) is 0. The van der Waals surface area contributed by atoms with Crippen LogP contribution in [0, 0.1) is 0 Å². The molecule has 4 heterocycles. The average Bonchev–Trinajstić information content (AvgIpc) is 3.54. The minimum atomic E-state index is -0.452. The molecule has 0 atom stereocenters. The second-order valence-corrected chi connectivity index (χ2v) is 8.74. The van der Waals surface area contributed by atoms with Gasteiger partial charge in [0.1, 0.15) is 29.4 Å². The van der Waals surface area contributed by atoms with E-state index in [1.54, 1.807) is 20.5 Å². The maximum absolute atomic E-state index is 6.40. The first-order valence-corrected chi connectivity index (χ1v) is 11.8. The number of ether oxygens (including phenoxy) is 4. The maximum Gasteiger partial charge on any atom is 0.232 e. The third kappa shape index (κ3) is 3.88. The van der Waals surface area contributed by atoms with Crippen LogP contribution in [0.2, 0.25) is 0 Å². The zero-order chi connectivity index (χ0) is 23.8. The van der Waals surface area contributed by atoms with Crippen LogP contribution in [0.15, 0.2) is 59.3 Å². The fraction of sp³-hybridized carbons (Fsp3) is 0.333. The van der Waals surface area contributed by atoms with Gasteiger partial charge >= 0.3 is 0 Å². The molecule has 6 rings (SSSR count). The summed E-state index contributed by atoms with van der Waals surface area (Å²) < 4.78 is 29.0. The largest absolute Gasteiger partial charge is 0.497 e. The zero-order valence-corrected chi connectivity index (χ0v) is 19.8. The number of benzene rings is 2. The number of piperidine rings is 1. The van der Waals surface area contributed by atoms with Crippen molar-refractivity contribution in [1.29, 1.82) is 0 Å². The van der Waals surface area contributed by atoms with Crippen LogP contribution in [0.3, 0.4) is 0 Å². The first-order chi connectivity index (χ1) is 17.2. The highest BCUT2D eigenvalue weighted by Crippen LogP contribution is 2.45. The van der Waals surface area contributed by atoms with Crippen LogP contribution >= 0.6 is 0 Å². The fourth-order valence-corrected chi connectivity index (χ4v) is 4.98. The molecule has 0 saturated carbocycles. The van der Waals surface area contributed by atoms with E-state index in [0.717, 1.165) is 71.1 Å². The predicted octanol–water partition coefficient (Wildman–Crippen LogP) is 4.92. The van der Waals surface area contributed by atoms with Crippen molar-refractivity contribution in [2.45, 2.75) is 18.6 Å². The van der Waals surface area contributed by atoms with Crippen molar-refractivity contribution in [2.24, 2.45) is 0 Å². The Morgan fingerprint density at radius 1 is 0.800 bits per heavy atom. The normalized spacial score (nSPS) is 17.3. The zero-order valence-electron chi connectivity index (χ0n) is 19.8. The van der Waals surface area contributed by atoms with Gasteiger partial charge in [-0.1, -0.05) is 12.1 Å². The van der Waals surface area contributed by atoms with Gasteiger partial charge in [-0.3, -0.25) is 0 Å². The summed E-state index contributed by atoms with van der Waals surface area (Å²) in [6.07, 6.45) is 3.16. The molecule has 0 unspecified atom stereocenters. The summed E-state index contributed by atoms with van der Waals surface area (Å²) in [7, 11) is 3.32. The first kappa shape index (κ1) is 21.9. The van der Waals surface area contributed by atoms with E-state index >= 15 is 0 Å². The number of methoxy groups -OCH3 is 2. The van der Waals surface area contributed by atoms with Crippen molar-refractivity contribution in [2.75, 3.05) is 45.4 Å². The minimum absolute atomic E-state index is 0.452. The molecule has 0 aliphatic carbocycles. The first-order valence-electron chi connectivity index (χ1n) is 11.8. The third-order valence-electron chi connectivity index (χ3n) is 6.84. The average molecular weight is 474 g/mol. The Morgan fingerprint density at radius 2 is 1.40 bits per heavy atom. The Kier molecular flexibility index (Phi) is 5.54. The van der Waals surface area contributed by atoms with Crippen LogP contribution in [-0.4, -0.2) is 56.3 Å². The van der Waals surface area contributed by atoms with Crippen LogP contribution < -0.4 is 14.4 Å². The highest BCUT2D eigenvalue weighted by atomic mass is 16.7. The lowest BCUT2D eigenvalue weighted by atomic mass is 9.98. The molecule has 2 aliphatic rings. The molecule has 8 nitrogen and oxygen atoms in total. The molecule has 0 bridgehead atoms. The van der Waals surface area contributed by atoms with Crippen molar-refractivity contribution in [3.63, 3.8) is 0 Å². The van der Waals surface area contributed by atoms with E-state index in [4.69, 9.17) is 28.3 Å². The van der Waals surface area contributed by atoms with Crippen molar-refractivity contribution < 1.29 is 23.4 Å². The van der Waals surface area contributed by atoms with E-state index in [1.165, 1.54) is 0 Å². The Hall–Kier alpha value is -3.62. The summed E-state index contributed by atoms with van der Waals surface area (Å²) in [5.74, 6) is 2.73. The lowest BCUT2D eigenvalue weighted by Gasteiger charge is -2.38. The smallest absolute Gasteiger partial charge is 0.232 e. The van der Waals surface area contributed by atoms with E-state index in [0.29, 0.717) is 18.9 Å². The van der Waals surface area contributed by atoms with E-state index in [2.05, 4.69) is 9.88 Å². The third-order valence-corrected chi connectivity index (χ3v) is 6.84. The summed E-state index contributed by atoms with van der Waals surface area (Å²) in [5, 5.41) is 0.896. The topological polar surface area (TPSA) is 79.1 Å². The molecule has 2 aromatic heterocycles. The summed E-state index contributed by atoms with van der Waals surface area (Å²) in [6, 6.07) is 15.8.